The Morgan fingerprint density at radius 2 is 2.16 bits per heavy atom. The molecule has 0 atom stereocenters. The second-order valence-electron chi connectivity index (χ2n) is 6.48. The minimum atomic E-state index is -0.476. The van der Waals surface area contributed by atoms with Gasteiger partial charge in [0.2, 0.25) is 0 Å². The molecule has 0 aliphatic rings. The average molecular weight is 436 g/mol. The second-order valence-corrected chi connectivity index (χ2v) is 7.49. The molecule has 3 heterocycles. The molecule has 0 unspecified atom stereocenters. The number of imidazole rings is 1. The van der Waals surface area contributed by atoms with Crippen molar-refractivity contribution in [3.05, 3.63) is 76.0 Å². The van der Waals surface area contributed by atoms with E-state index in [0.717, 1.165) is 11.8 Å². The van der Waals surface area contributed by atoms with Crippen molar-refractivity contribution in [1.82, 2.24) is 29.6 Å². The molecule has 1 amide bonds. The summed E-state index contributed by atoms with van der Waals surface area (Å²) in [6.07, 6.45) is 4.61. The molecule has 31 heavy (non-hydrogen) atoms. The smallest absolute Gasteiger partial charge is 0.290 e. The molecule has 1 aromatic carbocycles. The number of nitro benzene ring substituents is 1. The van der Waals surface area contributed by atoms with E-state index in [1.165, 1.54) is 18.6 Å². The SMILES string of the molecule is Cc1nc2ccccn2c1C(=O)N/N=C\c1ccc(Sc2nncn2C)c([N+](=O)[O-])c1. The predicted molar refractivity (Wildman–Crippen MR) is 113 cm³/mol. The monoisotopic (exact) mass is 436 g/mol. The first-order valence-electron chi connectivity index (χ1n) is 9.01. The fourth-order valence-corrected chi connectivity index (χ4v) is 3.76. The summed E-state index contributed by atoms with van der Waals surface area (Å²) in [6, 6.07) is 10.1. The van der Waals surface area contributed by atoms with E-state index in [-0.39, 0.29) is 5.69 Å². The Labute approximate surface area is 180 Å². The number of hydrogen-bond donors (Lipinski definition) is 1. The molecule has 0 radical (unpaired) electrons. The highest BCUT2D eigenvalue weighted by Crippen LogP contribution is 2.33. The summed E-state index contributed by atoms with van der Waals surface area (Å²) in [5, 5.41) is 23.7. The third-order valence-electron chi connectivity index (χ3n) is 4.35. The Bertz CT molecular complexity index is 1330. The van der Waals surface area contributed by atoms with E-state index in [9.17, 15) is 14.9 Å². The minimum Gasteiger partial charge on any atom is -0.311 e. The molecular weight excluding hydrogens is 420 g/mol. The van der Waals surface area contributed by atoms with Crippen molar-refractivity contribution in [2.24, 2.45) is 12.1 Å². The van der Waals surface area contributed by atoms with Crippen molar-refractivity contribution in [3.63, 3.8) is 0 Å². The number of rotatable bonds is 6. The van der Waals surface area contributed by atoms with Gasteiger partial charge in [0.15, 0.2) is 5.16 Å². The van der Waals surface area contributed by atoms with Crippen LogP contribution in [0.3, 0.4) is 0 Å². The standard InChI is InChI=1S/C19H16N8O3S/c1-12-17(26-8-4-3-5-16(26)22-12)18(28)23-20-10-13-6-7-15(14(9-13)27(29)30)31-19-24-21-11-25(19)2/h3-11H,1-2H3,(H,23,28)/b20-10-. The van der Waals surface area contributed by atoms with Crippen LogP contribution in [0.4, 0.5) is 5.69 Å². The Hall–Kier alpha value is -4.06. The van der Waals surface area contributed by atoms with Gasteiger partial charge in [-0.1, -0.05) is 12.1 Å². The van der Waals surface area contributed by atoms with Gasteiger partial charge in [-0.05, 0) is 36.9 Å². The van der Waals surface area contributed by atoms with Crippen molar-refractivity contribution in [3.8, 4) is 0 Å². The van der Waals surface area contributed by atoms with Crippen LogP contribution in [0.15, 0.2) is 64.1 Å². The summed E-state index contributed by atoms with van der Waals surface area (Å²) < 4.78 is 3.34. The second kappa shape index (κ2) is 8.36. The summed E-state index contributed by atoms with van der Waals surface area (Å²) in [7, 11) is 1.75. The molecule has 0 saturated carbocycles. The fourth-order valence-electron chi connectivity index (χ4n) is 2.91. The molecule has 0 spiro atoms. The van der Waals surface area contributed by atoms with Crippen molar-refractivity contribution in [2.75, 3.05) is 0 Å². The average Bonchev–Trinajstić information content (AvgIpc) is 3.30. The highest BCUT2D eigenvalue weighted by molar-refractivity contribution is 7.99. The zero-order valence-corrected chi connectivity index (χ0v) is 17.3. The number of nitrogens with one attached hydrogen (secondary N) is 1. The van der Waals surface area contributed by atoms with Gasteiger partial charge in [0, 0.05) is 24.9 Å². The molecule has 4 rings (SSSR count). The van der Waals surface area contributed by atoms with Gasteiger partial charge in [0.25, 0.3) is 11.6 Å². The minimum absolute atomic E-state index is 0.0964. The molecule has 11 nitrogen and oxygen atoms in total. The summed E-state index contributed by atoms with van der Waals surface area (Å²) in [5.41, 5.74) is 4.40. The highest BCUT2D eigenvalue weighted by Gasteiger charge is 2.18. The third kappa shape index (κ3) is 4.14. The Morgan fingerprint density at radius 3 is 2.90 bits per heavy atom. The van der Waals surface area contributed by atoms with Crippen molar-refractivity contribution >= 4 is 35.2 Å². The van der Waals surface area contributed by atoms with Gasteiger partial charge >= 0.3 is 0 Å². The lowest BCUT2D eigenvalue weighted by Gasteiger charge is -2.04. The van der Waals surface area contributed by atoms with Crippen LogP contribution in [0.2, 0.25) is 0 Å². The lowest BCUT2D eigenvalue weighted by Crippen LogP contribution is -2.20. The molecule has 0 fully saturated rings. The van der Waals surface area contributed by atoms with Gasteiger partial charge in [-0.2, -0.15) is 5.10 Å². The van der Waals surface area contributed by atoms with E-state index in [4.69, 9.17) is 0 Å². The van der Waals surface area contributed by atoms with Crippen LogP contribution in [-0.2, 0) is 7.05 Å². The number of carbonyl (C=O) groups is 1. The summed E-state index contributed by atoms with van der Waals surface area (Å²) in [6.45, 7) is 1.74. The van der Waals surface area contributed by atoms with Crippen LogP contribution in [0.25, 0.3) is 5.65 Å². The molecule has 3 aromatic heterocycles. The van der Waals surface area contributed by atoms with Gasteiger partial charge in [-0.3, -0.25) is 19.3 Å². The number of aromatic nitrogens is 5. The molecule has 0 saturated heterocycles. The van der Waals surface area contributed by atoms with E-state index in [1.54, 1.807) is 53.4 Å². The highest BCUT2D eigenvalue weighted by atomic mass is 32.2. The van der Waals surface area contributed by atoms with Crippen molar-refractivity contribution in [2.45, 2.75) is 17.0 Å². The first kappa shape index (κ1) is 20.2. The van der Waals surface area contributed by atoms with Crippen LogP contribution in [0, 0.1) is 17.0 Å². The van der Waals surface area contributed by atoms with Crippen LogP contribution in [0.1, 0.15) is 21.7 Å². The van der Waals surface area contributed by atoms with E-state index >= 15 is 0 Å². The van der Waals surface area contributed by atoms with Crippen molar-refractivity contribution in [1.29, 1.82) is 0 Å². The van der Waals surface area contributed by atoms with Gasteiger partial charge < -0.3 is 4.57 Å². The van der Waals surface area contributed by atoms with E-state index in [0.29, 0.717) is 32.7 Å². The number of fused-ring (bicyclic) bond motifs is 1. The fraction of sp³-hybridized carbons (Fsp3) is 0.105. The number of aryl methyl sites for hydroxylation is 2. The predicted octanol–water partition coefficient (Wildman–Crippen LogP) is 2.59. The number of carbonyl (C=O) groups excluding carboxylic acids is 1. The molecule has 0 aliphatic carbocycles. The number of hydrogen-bond acceptors (Lipinski definition) is 8. The molecule has 156 valence electrons. The van der Waals surface area contributed by atoms with E-state index in [1.807, 2.05) is 6.07 Å². The van der Waals surface area contributed by atoms with Crippen LogP contribution < -0.4 is 5.43 Å². The molecule has 0 bridgehead atoms. The number of nitro groups is 1. The first-order valence-corrected chi connectivity index (χ1v) is 9.83. The van der Waals surface area contributed by atoms with Crippen LogP contribution >= 0.6 is 11.8 Å². The molecule has 12 heteroatoms. The summed E-state index contributed by atoms with van der Waals surface area (Å²) in [4.78, 5) is 28.4. The lowest BCUT2D eigenvalue weighted by molar-refractivity contribution is -0.387. The number of amides is 1. The summed E-state index contributed by atoms with van der Waals surface area (Å²) in [5.74, 6) is -0.434. The maximum absolute atomic E-state index is 12.6. The number of hydrazone groups is 1. The topological polar surface area (TPSA) is 133 Å². The Balaban J connectivity index is 1.53. The maximum atomic E-state index is 12.6. The van der Waals surface area contributed by atoms with E-state index < -0.39 is 10.8 Å². The summed E-state index contributed by atoms with van der Waals surface area (Å²) >= 11 is 1.14. The van der Waals surface area contributed by atoms with Gasteiger partial charge in [0.1, 0.15) is 17.7 Å². The number of benzene rings is 1. The Kier molecular flexibility index (Phi) is 5.45. The Morgan fingerprint density at radius 1 is 1.32 bits per heavy atom. The molecule has 0 aliphatic heterocycles. The zero-order valence-electron chi connectivity index (χ0n) is 16.5. The molecule has 1 N–H and O–H groups in total. The molecule has 4 aromatic rings. The number of nitrogens with zero attached hydrogens (tertiary/aromatic N) is 7. The van der Waals surface area contributed by atoms with Crippen LogP contribution in [0.5, 0.6) is 0 Å². The maximum Gasteiger partial charge on any atom is 0.290 e. The van der Waals surface area contributed by atoms with Gasteiger partial charge in [-0.15, -0.1) is 10.2 Å². The zero-order chi connectivity index (χ0) is 22.0. The lowest BCUT2D eigenvalue weighted by atomic mass is 10.2. The van der Waals surface area contributed by atoms with Gasteiger partial charge in [-0.25, -0.2) is 10.4 Å². The van der Waals surface area contributed by atoms with E-state index in [2.05, 4.69) is 25.7 Å². The largest absolute Gasteiger partial charge is 0.311 e. The normalized spacial score (nSPS) is 11.3. The number of pyridine rings is 1. The van der Waals surface area contributed by atoms with Crippen molar-refractivity contribution < 1.29 is 9.72 Å². The first-order chi connectivity index (χ1) is 14.9. The quantitative estimate of drug-likeness (QED) is 0.279. The van der Waals surface area contributed by atoms with Gasteiger partial charge in [0.05, 0.1) is 21.7 Å². The third-order valence-corrected chi connectivity index (χ3v) is 5.47. The van der Waals surface area contributed by atoms with Crippen LogP contribution in [-0.4, -0.2) is 41.2 Å². The molecular formula is C19H16N8O3S.